The Morgan fingerprint density at radius 3 is 2.62 bits per heavy atom. The van der Waals surface area contributed by atoms with Crippen LogP contribution in [0.5, 0.6) is 0 Å². The van der Waals surface area contributed by atoms with Crippen molar-refractivity contribution in [3.63, 3.8) is 0 Å². The molecule has 1 aliphatic rings. The van der Waals surface area contributed by atoms with Crippen molar-refractivity contribution < 1.29 is 13.6 Å². The van der Waals surface area contributed by atoms with Crippen molar-refractivity contribution in [2.45, 2.75) is 31.6 Å². The predicted octanol–water partition coefficient (Wildman–Crippen LogP) is 3.74. The Labute approximate surface area is 101 Å². The van der Waals surface area contributed by atoms with Crippen molar-refractivity contribution in [2.75, 3.05) is 0 Å². The zero-order valence-corrected chi connectivity index (χ0v) is 10.4. The predicted molar refractivity (Wildman–Crippen MR) is 60.3 cm³/mol. The first kappa shape index (κ1) is 11.7. The zero-order valence-electron chi connectivity index (χ0n) is 8.82. The fraction of sp³-hybridized carbons (Fsp3) is 0.417. The highest BCUT2D eigenvalue weighted by atomic mass is 79.9. The van der Waals surface area contributed by atoms with Gasteiger partial charge in [-0.15, -0.1) is 0 Å². The third kappa shape index (κ3) is 1.79. The van der Waals surface area contributed by atoms with Gasteiger partial charge in [0.1, 0.15) is 17.4 Å². The summed E-state index contributed by atoms with van der Waals surface area (Å²) in [5, 5.41) is 0. The monoisotopic (exact) mass is 288 g/mol. The Balaban J connectivity index is 2.55. The molecule has 1 saturated carbocycles. The molecule has 16 heavy (non-hydrogen) atoms. The van der Waals surface area contributed by atoms with E-state index >= 15 is 0 Å². The minimum absolute atomic E-state index is 0.0349. The minimum atomic E-state index is -0.699. The second-order valence-electron chi connectivity index (χ2n) is 4.49. The van der Waals surface area contributed by atoms with E-state index in [0.717, 1.165) is 0 Å². The van der Waals surface area contributed by atoms with Crippen LogP contribution in [0.2, 0.25) is 0 Å². The largest absolute Gasteiger partial charge is 0.300 e. The summed E-state index contributed by atoms with van der Waals surface area (Å²) in [5.41, 5.74) is -0.664. The molecule has 0 bridgehead atoms. The molecule has 1 fully saturated rings. The van der Waals surface area contributed by atoms with Crippen molar-refractivity contribution in [3.05, 3.63) is 33.8 Å². The molecule has 1 nitrogen and oxygen atoms in total. The van der Waals surface area contributed by atoms with E-state index in [0.29, 0.717) is 12.8 Å². The smallest absolute Gasteiger partial charge is 0.144 e. The van der Waals surface area contributed by atoms with Crippen LogP contribution >= 0.6 is 15.9 Å². The molecule has 1 aromatic carbocycles. The summed E-state index contributed by atoms with van der Waals surface area (Å²) in [6.45, 7) is 1.74. The van der Waals surface area contributed by atoms with Crippen LogP contribution in [0.15, 0.2) is 16.6 Å². The zero-order chi connectivity index (χ0) is 11.9. The van der Waals surface area contributed by atoms with Gasteiger partial charge in [-0.05, 0) is 34.5 Å². The summed E-state index contributed by atoms with van der Waals surface area (Å²) >= 11 is 3.04. The Morgan fingerprint density at radius 2 is 2.06 bits per heavy atom. The lowest BCUT2D eigenvalue weighted by Gasteiger charge is -2.24. The first-order chi connectivity index (χ1) is 7.44. The van der Waals surface area contributed by atoms with E-state index < -0.39 is 17.0 Å². The summed E-state index contributed by atoms with van der Waals surface area (Å²) < 4.78 is 27.8. The van der Waals surface area contributed by atoms with Crippen molar-refractivity contribution in [2.24, 2.45) is 0 Å². The maximum Gasteiger partial charge on any atom is 0.144 e. The van der Waals surface area contributed by atoms with Crippen LogP contribution in [-0.2, 0) is 10.2 Å². The molecule has 0 saturated heterocycles. The Bertz CT molecular complexity index is 459. The van der Waals surface area contributed by atoms with E-state index in [4.69, 9.17) is 0 Å². The lowest BCUT2D eigenvalue weighted by molar-refractivity contribution is -0.117. The van der Waals surface area contributed by atoms with Crippen molar-refractivity contribution in [1.82, 2.24) is 0 Å². The minimum Gasteiger partial charge on any atom is -0.300 e. The first-order valence-electron chi connectivity index (χ1n) is 5.10. The van der Waals surface area contributed by atoms with E-state index in [1.165, 1.54) is 12.1 Å². The maximum atomic E-state index is 13.9. The molecule has 0 heterocycles. The van der Waals surface area contributed by atoms with Gasteiger partial charge in [-0.3, -0.25) is 4.79 Å². The summed E-state index contributed by atoms with van der Waals surface area (Å²) in [7, 11) is 0. The van der Waals surface area contributed by atoms with Gasteiger partial charge in [0.05, 0.1) is 4.47 Å². The Kier molecular flexibility index (Phi) is 2.86. The van der Waals surface area contributed by atoms with E-state index in [1.807, 2.05) is 0 Å². The van der Waals surface area contributed by atoms with Gasteiger partial charge in [0.2, 0.25) is 0 Å². The van der Waals surface area contributed by atoms with E-state index in [2.05, 4.69) is 15.9 Å². The second kappa shape index (κ2) is 3.91. The molecule has 1 aliphatic carbocycles. The SMILES string of the molecule is CC1(c2c(F)ccc(Br)c2F)CCC(=O)C1. The number of hydrogen-bond acceptors (Lipinski definition) is 1. The molecule has 0 radical (unpaired) electrons. The third-order valence-corrected chi connectivity index (χ3v) is 3.80. The number of hydrogen-bond donors (Lipinski definition) is 0. The number of ketones is 1. The Morgan fingerprint density at radius 1 is 1.38 bits per heavy atom. The van der Waals surface area contributed by atoms with Crippen LogP contribution < -0.4 is 0 Å². The van der Waals surface area contributed by atoms with E-state index in [9.17, 15) is 13.6 Å². The molecule has 4 heteroatoms. The summed E-state index contributed by atoms with van der Waals surface area (Å²) in [6, 6.07) is 2.57. The van der Waals surface area contributed by atoms with Crippen LogP contribution in [-0.4, -0.2) is 5.78 Å². The number of halogens is 3. The number of carbonyl (C=O) groups excluding carboxylic acids is 1. The quantitative estimate of drug-likeness (QED) is 0.720. The van der Waals surface area contributed by atoms with Gasteiger partial charge in [0.15, 0.2) is 0 Å². The average Bonchev–Trinajstić information content (AvgIpc) is 2.54. The number of benzene rings is 1. The van der Waals surface area contributed by atoms with Gasteiger partial charge in [-0.2, -0.15) is 0 Å². The lowest BCUT2D eigenvalue weighted by Crippen LogP contribution is -2.22. The van der Waals surface area contributed by atoms with Gasteiger partial charge in [-0.1, -0.05) is 6.92 Å². The van der Waals surface area contributed by atoms with E-state index in [1.54, 1.807) is 6.92 Å². The van der Waals surface area contributed by atoms with Gasteiger partial charge in [0.25, 0.3) is 0 Å². The number of carbonyl (C=O) groups is 1. The molecular weight excluding hydrogens is 278 g/mol. The van der Waals surface area contributed by atoms with Crippen molar-refractivity contribution in [3.8, 4) is 0 Å². The Hall–Kier alpha value is -0.770. The summed E-state index contributed by atoms with van der Waals surface area (Å²) in [6.07, 6.45) is 1.13. The molecule has 0 spiro atoms. The lowest BCUT2D eigenvalue weighted by atomic mass is 9.80. The maximum absolute atomic E-state index is 13.9. The normalized spacial score (nSPS) is 25.1. The average molecular weight is 289 g/mol. The highest BCUT2D eigenvalue weighted by molar-refractivity contribution is 9.10. The van der Waals surface area contributed by atoms with Crippen molar-refractivity contribution >= 4 is 21.7 Å². The first-order valence-corrected chi connectivity index (χ1v) is 5.89. The molecule has 86 valence electrons. The summed E-state index contributed by atoms with van der Waals surface area (Å²) in [4.78, 5) is 11.3. The highest BCUT2D eigenvalue weighted by Gasteiger charge is 2.39. The van der Waals surface area contributed by atoms with Crippen LogP contribution in [0.25, 0.3) is 0 Å². The van der Waals surface area contributed by atoms with E-state index in [-0.39, 0.29) is 22.2 Å². The number of Topliss-reactive ketones (excluding diaryl/α,β-unsaturated/α-hetero) is 1. The van der Waals surface area contributed by atoms with Crippen LogP contribution in [0, 0.1) is 11.6 Å². The third-order valence-electron chi connectivity index (χ3n) is 3.19. The van der Waals surface area contributed by atoms with Gasteiger partial charge < -0.3 is 0 Å². The fourth-order valence-corrected chi connectivity index (χ4v) is 2.65. The summed E-state index contributed by atoms with van der Waals surface area (Å²) in [5.74, 6) is -1.09. The second-order valence-corrected chi connectivity index (χ2v) is 5.35. The number of rotatable bonds is 1. The molecule has 1 atom stereocenters. The van der Waals surface area contributed by atoms with Gasteiger partial charge in [-0.25, -0.2) is 8.78 Å². The van der Waals surface area contributed by atoms with Crippen LogP contribution in [0.1, 0.15) is 31.7 Å². The van der Waals surface area contributed by atoms with Gasteiger partial charge >= 0.3 is 0 Å². The molecule has 0 aromatic heterocycles. The van der Waals surface area contributed by atoms with Crippen LogP contribution in [0.4, 0.5) is 8.78 Å². The van der Waals surface area contributed by atoms with Crippen LogP contribution in [0.3, 0.4) is 0 Å². The molecule has 1 unspecified atom stereocenters. The fourth-order valence-electron chi connectivity index (χ4n) is 2.32. The molecule has 0 amide bonds. The molecular formula is C12H11BrF2O. The molecule has 1 aromatic rings. The molecule has 2 rings (SSSR count). The topological polar surface area (TPSA) is 17.1 Å². The molecule has 0 N–H and O–H groups in total. The van der Waals surface area contributed by atoms with Crippen molar-refractivity contribution in [1.29, 1.82) is 0 Å². The molecule has 0 aliphatic heterocycles. The van der Waals surface area contributed by atoms with Gasteiger partial charge in [0, 0.05) is 23.8 Å². The standard InChI is InChI=1S/C12H11BrF2O/c1-12(5-4-7(16)6-12)10-9(14)3-2-8(13)11(10)15/h2-3H,4-6H2,1H3. The highest BCUT2D eigenvalue weighted by Crippen LogP contribution is 2.42.